The largest absolute Gasteiger partial charge is 0.264 e. The standard InChI is InChI=1S/C27H27ClFN5O4S2/c28-20-8-13-23(14-9-20)40(37,38)33-27(31-22-12-15-24(16-22)39(30,35)36)34-17-25(18-4-2-1-3-5-18)26(32-34)19-6-10-21(29)11-7-19/h1-11,13-14,22,24-25H,12,15-17H2,(H,31,33)(H2,30,35,36)/t22-,24+,25-/m0/s1. The number of hydrogen-bond acceptors (Lipinski definition) is 6. The number of nitrogens with zero attached hydrogens (tertiary/aromatic N) is 3. The van der Waals surface area contributed by atoms with E-state index in [0.717, 1.165) is 5.56 Å². The predicted octanol–water partition coefficient (Wildman–Crippen LogP) is 3.83. The van der Waals surface area contributed by atoms with Gasteiger partial charge in [-0.05, 0) is 66.8 Å². The normalized spacial score (nSPS) is 21.9. The minimum Gasteiger partial charge on any atom is -0.248 e. The van der Waals surface area contributed by atoms with Crippen LogP contribution < -0.4 is 9.86 Å². The summed E-state index contributed by atoms with van der Waals surface area (Å²) in [7, 11) is -7.87. The highest BCUT2D eigenvalue weighted by molar-refractivity contribution is 7.90. The zero-order valence-electron chi connectivity index (χ0n) is 21.2. The fourth-order valence-electron chi connectivity index (χ4n) is 4.91. The van der Waals surface area contributed by atoms with Crippen LogP contribution in [0.1, 0.15) is 36.3 Å². The molecule has 0 amide bonds. The van der Waals surface area contributed by atoms with E-state index in [4.69, 9.17) is 21.8 Å². The Balaban J connectivity index is 1.55. The summed E-state index contributed by atoms with van der Waals surface area (Å²) in [4.78, 5) is 4.63. The van der Waals surface area contributed by atoms with Gasteiger partial charge in [0.15, 0.2) is 0 Å². The van der Waals surface area contributed by atoms with E-state index in [1.54, 1.807) is 12.1 Å². The van der Waals surface area contributed by atoms with E-state index in [0.29, 0.717) is 29.1 Å². The summed E-state index contributed by atoms with van der Waals surface area (Å²) in [6.45, 7) is 0.240. The average molecular weight is 604 g/mol. The lowest BCUT2D eigenvalue weighted by Gasteiger charge is -2.21. The van der Waals surface area contributed by atoms with E-state index in [2.05, 4.69) is 9.71 Å². The van der Waals surface area contributed by atoms with Crippen LogP contribution >= 0.6 is 11.6 Å². The first-order valence-corrected chi connectivity index (χ1v) is 16.0. The molecule has 3 aromatic carbocycles. The van der Waals surface area contributed by atoms with Gasteiger partial charge >= 0.3 is 0 Å². The molecule has 2 aliphatic rings. The van der Waals surface area contributed by atoms with E-state index in [9.17, 15) is 21.2 Å². The highest BCUT2D eigenvalue weighted by Crippen LogP contribution is 2.31. The number of nitrogens with one attached hydrogen (secondary N) is 1. The first-order valence-electron chi connectivity index (χ1n) is 12.5. The zero-order chi connectivity index (χ0) is 28.5. The molecule has 0 saturated heterocycles. The fourth-order valence-corrected chi connectivity index (χ4v) is 7.00. The van der Waals surface area contributed by atoms with E-state index in [1.807, 2.05) is 30.3 Å². The Kier molecular flexibility index (Phi) is 7.96. The van der Waals surface area contributed by atoms with Crippen molar-refractivity contribution in [2.45, 2.75) is 41.4 Å². The number of primary sulfonamides is 1. The summed E-state index contributed by atoms with van der Waals surface area (Å²) in [6, 6.07) is 20.7. The smallest absolute Gasteiger partial charge is 0.248 e. The molecule has 1 heterocycles. The minimum atomic E-state index is -4.11. The summed E-state index contributed by atoms with van der Waals surface area (Å²) in [5.41, 5.74) is 2.22. The Morgan fingerprint density at radius 2 is 1.65 bits per heavy atom. The van der Waals surface area contributed by atoms with Gasteiger partial charge < -0.3 is 0 Å². The summed E-state index contributed by atoms with van der Waals surface area (Å²) in [5.74, 6) is -0.718. The van der Waals surface area contributed by atoms with Crippen molar-refractivity contribution >= 4 is 43.3 Å². The molecular weight excluding hydrogens is 577 g/mol. The second kappa shape index (κ2) is 11.3. The van der Waals surface area contributed by atoms with Crippen molar-refractivity contribution in [3.63, 3.8) is 0 Å². The molecule has 0 radical (unpaired) electrons. The number of rotatable bonds is 6. The van der Waals surface area contributed by atoms with Gasteiger partial charge in [0, 0.05) is 10.9 Å². The SMILES string of the molecule is NS(=O)(=O)[C@@H]1CC[C@H](N=C(NS(=O)(=O)c2ccc(Cl)cc2)N2C[C@@H](c3ccccc3)C(c3ccc(F)cc3)=N2)C1. The van der Waals surface area contributed by atoms with Crippen molar-refractivity contribution in [3.05, 3.63) is 101 Å². The van der Waals surface area contributed by atoms with E-state index >= 15 is 0 Å². The van der Waals surface area contributed by atoms with Crippen LogP contribution in [0.2, 0.25) is 5.02 Å². The van der Waals surface area contributed by atoms with Crippen molar-refractivity contribution in [2.75, 3.05) is 6.54 Å². The fraction of sp³-hybridized carbons (Fsp3) is 0.259. The molecule has 13 heteroatoms. The molecule has 1 saturated carbocycles. The van der Waals surface area contributed by atoms with Crippen LogP contribution in [-0.2, 0) is 20.0 Å². The molecule has 0 spiro atoms. The van der Waals surface area contributed by atoms with Crippen LogP contribution in [0.5, 0.6) is 0 Å². The molecule has 0 unspecified atom stereocenters. The number of halogens is 2. The van der Waals surface area contributed by atoms with Crippen LogP contribution in [0, 0.1) is 5.82 Å². The summed E-state index contributed by atoms with van der Waals surface area (Å²) in [6.07, 6.45) is 0.897. The number of aliphatic imine (C=N–C) groups is 1. The summed E-state index contributed by atoms with van der Waals surface area (Å²) >= 11 is 5.95. The van der Waals surface area contributed by atoms with Gasteiger partial charge in [-0.3, -0.25) is 0 Å². The van der Waals surface area contributed by atoms with E-state index < -0.39 is 31.3 Å². The number of guanidine groups is 1. The average Bonchev–Trinajstić information content (AvgIpc) is 3.57. The lowest BCUT2D eigenvalue weighted by atomic mass is 9.91. The van der Waals surface area contributed by atoms with Crippen LogP contribution in [0.4, 0.5) is 4.39 Å². The first kappa shape index (κ1) is 28.2. The molecule has 3 N–H and O–H groups in total. The number of hydrazone groups is 1. The molecule has 9 nitrogen and oxygen atoms in total. The van der Waals surface area contributed by atoms with Crippen molar-refractivity contribution in [1.82, 2.24) is 9.73 Å². The summed E-state index contributed by atoms with van der Waals surface area (Å²) < 4.78 is 66.9. The molecule has 5 rings (SSSR count). The van der Waals surface area contributed by atoms with Crippen LogP contribution in [-0.4, -0.2) is 51.4 Å². The predicted molar refractivity (Wildman–Crippen MR) is 153 cm³/mol. The maximum absolute atomic E-state index is 13.7. The van der Waals surface area contributed by atoms with Gasteiger partial charge in [0.1, 0.15) is 5.82 Å². The third-order valence-corrected chi connectivity index (χ3v) is 9.93. The maximum atomic E-state index is 13.7. The molecule has 3 atom stereocenters. The van der Waals surface area contributed by atoms with Crippen LogP contribution in [0.25, 0.3) is 0 Å². The van der Waals surface area contributed by atoms with Gasteiger partial charge in [0.2, 0.25) is 16.0 Å². The van der Waals surface area contributed by atoms with Gasteiger partial charge in [-0.15, -0.1) is 0 Å². The number of sulfonamides is 2. The molecule has 1 aliphatic heterocycles. The number of nitrogens with two attached hydrogens (primary N) is 1. The monoisotopic (exact) mass is 603 g/mol. The second-order valence-corrected chi connectivity index (χ2v) is 13.7. The molecule has 0 bridgehead atoms. The Morgan fingerprint density at radius 3 is 2.27 bits per heavy atom. The van der Waals surface area contributed by atoms with E-state index in [1.165, 1.54) is 41.4 Å². The van der Waals surface area contributed by atoms with E-state index in [-0.39, 0.29) is 35.6 Å². The maximum Gasteiger partial charge on any atom is 0.264 e. The first-order chi connectivity index (χ1) is 19.0. The van der Waals surface area contributed by atoms with Gasteiger partial charge in [-0.1, -0.05) is 54.1 Å². The Bertz CT molecular complexity index is 1650. The lowest BCUT2D eigenvalue weighted by molar-refractivity contribution is 0.456. The molecule has 40 heavy (non-hydrogen) atoms. The van der Waals surface area contributed by atoms with Crippen molar-refractivity contribution < 1.29 is 21.2 Å². The van der Waals surface area contributed by atoms with Crippen LogP contribution in [0.15, 0.2) is 93.9 Å². The topological polar surface area (TPSA) is 134 Å². The summed E-state index contributed by atoms with van der Waals surface area (Å²) in [5, 5.41) is 11.2. The Morgan fingerprint density at radius 1 is 0.975 bits per heavy atom. The molecule has 1 fully saturated rings. The zero-order valence-corrected chi connectivity index (χ0v) is 23.6. The molecule has 3 aromatic rings. The van der Waals surface area contributed by atoms with Crippen LogP contribution in [0.3, 0.4) is 0 Å². The third-order valence-electron chi connectivity index (χ3n) is 6.98. The molecule has 0 aromatic heterocycles. The lowest BCUT2D eigenvalue weighted by Crippen LogP contribution is -2.42. The third kappa shape index (κ3) is 6.35. The molecule has 1 aliphatic carbocycles. The highest BCUT2D eigenvalue weighted by atomic mass is 35.5. The Hall–Kier alpha value is -3.32. The van der Waals surface area contributed by atoms with Crippen molar-refractivity contribution in [2.24, 2.45) is 15.2 Å². The molecule has 210 valence electrons. The minimum absolute atomic E-state index is 0.0278. The van der Waals surface area contributed by atoms with Gasteiger partial charge in [-0.25, -0.2) is 41.1 Å². The number of hydrogen-bond donors (Lipinski definition) is 2. The Labute approximate surface area is 237 Å². The van der Waals surface area contributed by atoms with Gasteiger partial charge in [0.05, 0.1) is 28.4 Å². The van der Waals surface area contributed by atoms with Crippen molar-refractivity contribution in [3.8, 4) is 0 Å². The van der Waals surface area contributed by atoms with Crippen molar-refractivity contribution in [1.29, 1.82) is 0 Å². The number of benzene rings is 3. The second-order valence-electron chi connectivity index (χ2n) is 9.73. The van der Waals surface area contributed by atoms with Gasteiger partial charge in [-0.2, -0.15) is 5.10 Å². The molecular formula is C27H27ClFN5O4S2. The van der Waals surface area contributed by atoms with Gasteiger partial charge in [0.25, 0.3) is 10.0 Å². The highest BCUT2D eigenvalue weighted by Gasteiger charge is 2.36. The quantitative estimate of drug-likeness (QED) is 0.326.